The minimum atomic E-state index is 0.0279. The maximum absolute atomic E-state index is 12.4. The quantitative estimate of drug-likeness (QED) is 0.271. The zero-order valence-corrected chi connectivity index (χ0v) is 19.9. The summed E-state index contributed by atoms with van der Waals surface area (Å²) in [6, 6.07) is 3.93. The van der Waals surface area contributed by atoms with Gasteiger partial charge in [0.2, 0.25) is 11.8 Å². The second-order valence-electron chi connectivity index (χ2n) is 8.61. The van der Waals surface area contributed by atoms with E-state index in [-0.39, 0.29) is 11.8 Å². The van der Waals surface area contributed by atoms with Crippen LogP contribution < -0.4 is 10.6 Å². The first kappa shape index (κ1) is 26.2. The Balaban J connectivity index is 2.52. The maximum atomic E-state index is 12.4. The number of carbonyl (C=O) groups excluding carboxylic acids is 2. The first-order chi connectivity index (χ1) is 14.5. The van der Waals surface area contributed by atoms with Gasteiger partial charge in [0.25, 0.3) is 0 Å². The van der Waals surface area contributed by atoms with Crippen LogP contribution in [0.15, 0.2) is 12.1 Å². The zero-order chi connectivity index (χ0) is 22.2. The molecule has 1 rings (SSSR count). The van der Waals surface area contributed by atoms with E-state index in [1.807, 2.05) is 26.0 Å². The third-order valence-electron chi connectivity index (χ3n) is 5.70. The fourth-order valence-corrected chi connectivity index (χ4v) is 3.58. The molecular formula is C26H44N2O2. The Morgan fingerprint density at radius 2 is 0.933 bits per heavy atom. The van der Waals surface area contributed by atoms with Crippen LogP contribution in [0.4, 0.5) is 11.4 Å². The Labute approximate surface area is 184 Å². The first-order valence-electron chi connectivity index (χ1n) is 12.2. The summed E-state index contributed by atoms with van der Waals surface area (Å²) in [7, 11) is 0. The van der Waals surface area contributed by atoms with Crippen LogP contribution in [-0.4, -0.2) is 11.8 Å². The lowest BCUT2D eigenvalue weighted by Gasteiger charge is -2.15. The molecule has 1 aromatic rings. The monoisotopic (exact) mass is 416 g/mol. The lowest BCUT2D eigenvalue weighted by atomic mass is 10.1. The van der Waals surface area contributed by atoms with E-state index in [2.05, 4.69) is 24.5 Å². The molecule has 4 nitrogen and oxygen atoms in total. The van der Waals surface area contributed by atoms with Crippen LogP contribution in [0.1, 0.15) is 115 Å². The molecule has 0 aliphatic rings. The summed E-state index contributed by atoms with van der Waals surface area (Å²) in [5, 5.41) is 6.05. The van der Waals surface area contributed by atoms with Crippen molar-refractivity contribution in [3.05, 3.63) is 23.3 Å². The predicted octanol–water partition coefficient (Wildman–Crippen LogP) is 7.68. The van der Waals surface area contributed by atoms with Gasteiger partial charge >= 0.3 is 0 Å². The Kier molecular flexibility index (Phi) is 13.9. The molecule has 1 aromatic carbocycles. The van der Waals surface area contributed by atoms with Gasteiger partial charge in [-0.15, -0.1) is 0 Å². The van der Waals surface area contributed by atoms with Crippen molar-refractivity contribution in [2.45, 2.75) is 118 Å². The van der Waals surface area contributed by atoms with Gasteiger partial charge in [-0.2, -0.15) is 0 Å². The van der Waals surface area contributed by atoms with Crippen LogP contribution in [0, 0.1) is 13.8 Å². The SMILES string of the molecule is CCCCCCCCC(=O)Nc1cc(C)c(C)cc1NC(=O)CCCCCCCC. The number of unbranched alkanes of at least 4 members (excludes halogenated alkanes) is 10. The van der Waals surface area contributed by atoms with Crippen molar-refractivity contribution in [2.24, 2.45) is 0 Å². The van der Waals surface area contributed by atoms with E-state index in [1.54, 1.807) is 0 Å². The number of benzene rings is 1. The summed E-state index contributed by atoms with van der Waals surface area (Å²) >= 11 is 0. The average molecular weight is 417 g/mol. The van der Waals surface area contributed by atoms with Crippen LogP contribution in [0.5, 0.6) is 0 Å². The summed E-state index contributed by atoms with van der Waals surface area (Å²) in [5.74, 6) is 0.0559. The molecule has 0 atom stereocenters. The topological polar surface area (TPSA) is 58.2 Å². The maximum Gasteiger partial charge on any atom is 0.224 e. The molecule has 170 valence electrons. The van der Waals surface area contributed by atoms with Crippen LogP contribution in [0.25, 0.3) is 0 Å². The van der Waals surface area contributed by atoms with Crippen LogP contribution in [-0.2, 0) is 9.59 Å². The van der Waals surface area contributed by atoms with Crippen molar-refractivity contribution in [1.82, 2.24) is 0 Å². The Hall–Kier alpha value is -1.84. The van der Waals surface area contributed by atoms with E-state index in [9.17, 15) is 9.59 Å². The van der Waals surface area contributed by atoms with Gasteiger partial charge in [-0.1, -0.05) is 78.1 Å². The molecule has 2 amide bonds. The van der Waals surface area contributed by atoms with E-state index >= 15 is 0 Å². The number of hydrogen-bond acceptors (Lipinski definition) is 2. The normalized spacial score (nSPS) is 10.8. The highest BCUT2D eigenvalue weighted by atomic mass is 16.2. The zero-order valence-electron chi connectivity index (χ0n) is 19.9. The Bertz CT molecular complexity index is 585. The molecule has 2 N–H and O–H groups in total. The van der Waals surface area contributed by atoms with Crippen molar-refractivity contribution in [1.29, 1.82) is 0 Å². The van der Waals surface area contributed by atoms with Gasteiger partial charge in [-0.05, 0) is 49.9 Å². The Morgan fingerprint density at radius 3 is 1.30 bits per heavy atom. The molecule has 0 radical (unpaired) electrons. The first-order valence-corrected chi connectivity index (χ1v) is 12.2. The van der Waals surface area contributed by atoms with Gasteiger partial charge in [-0.25, -0.2) is 0 Å². The molecule has 0 aromatic heterocycles. The third-order valence-corrected chi connectivity index (χ3v) is 5.70. The third kappa shape index (κ3) is 11.4. The number of aryl methyl sites for hydroxylation is 2. The van der Waals surface area contributed by atoms with Gasteiger partial charge in [0.05, 0.1) is 11.4 Å². The lowest BCUT2D eigenvalue weighted by molar-refractivity contribution is -0.117. The van der Waals surface area contributed by atoms with E-state index in [0.717, 1.165) is 36.8 Å². The minimum Gasteiger partial charge on any atom is -0.324 e. The predicted molar refractivity (Wildman–Crippen MR) is 129 cm³/mol. The second-order valence-corrected chi connectivity index (χ2v) is 8.61. The van der Waals surface area contributed by atoms with Gasteiger partial charge in [-0.3, -0.25) is 9.59 Å². The molecule has 0 aliphatic heterocycles. The van der Waals surface area contributed by atoms with Crippen molar-refractivity contribution in [3.63, 3.8) is 0 Å². The van der Waals surface area contributed by atoms with E-state index < -0.39 is 0 Å². The molecular weight excluding hydrogens is 372 g/mol. The largest absolute Gasteiger partial charge is 0.324 e. The number of nitrogens with one attached hydrogen (secondary N) is 2. The summed E-state index contributed by atoms with van der Waals surface area (Å²) in [6.07, 6.45) is 15.0. The van der Waals surface area contributed by atoms with Gasteiger partial charge in [0.15, 0.2) is 0 Å². The number of amides is 2. The van der Waals surface area contributed by atoms with Crippen LogP contribution in [0.3, 0.4) is 0 Å². The van der Waals surface area contributed by atoms with E-state index in [4.69, 9.17) is 0 Å². The minimum absolute atomic E-state index is 0.0279. The molecule has 0 heterocycles. The fraction of sp³-hybridized carbons (Fsp3) is 0.692. The number of anilines is 2. The summed E-state index contributed by atoms with van der Waals surface area (Å²) in [5.41, 5.74) is 3.65. The molecule has 0 saturated heterocycles. The van der Waals surface area contributed by atoms with Gasteiger partial charge < -0.3 is 10.6 Å². The van der Waals surface area contributed by atoms with Crippen molar-refractivity contribution < 1.29 is 9.59 Å². The van der Waals surface area contributed by atoms with E-state index in [0.29, 0.717) is 24.2 Å². The summed E-state index contributed by atoms with van der Waals surface area (Å²) < 4.78 is 0. The second kappa shape index (κ2) is 15.9. The molecule has 0 unspecified atom stereocenters. The highest BCUT2D eigenvalue weighted by Crippen LogP contribution is 2.27. The van der Waals surface area contributed by atoms with E-state index in [1.165, 1.54) is 51.4 Å². The molecule has 0 bridgehead atoms. The van der Waals surface area contributed by atoms with Gasteiger partial charge in [0, 0.05) is 12.8 Å². The van der Waals surface area contributed by atoms with Gasteiger partial charge in [0.1, 0.15) is 0 Å². The fourth-order valence-electron chi connectivity index (χ4n) is 3.58. The molecule has 0 aliphatic carbocycles. The number of rotatable bonds is 16. The highest BCUT2D eigenvalue weighted by molar-refractivity contribution is 5.99. The number of hydrogen-bond donors (Lipinski definition) is 2. The number of carbonyl (C=O) groups is 2. The molecule has 4 heteroatoms. The average Bonchev–Trinajstić information content (AvgIpc) is 2.71. The highest BCUT2D eigenvalue weighted by Gasteiger charge is 2.12. The van der Waals surface area contributed by atoms with Crippen molar-refractivity contribution in [3.8, 4) is 0 Å². The smallest absolute Gasteiger partial charge is 0.224 e. The van der Waals surface area contributed by atoms with Crippen LogP contribution in [0.2, 0.25) is 0 Å². The summed E-state index contributed by atoms with van der Waals surface area (Å²) in [6.45, 7) is 8.48. The molecule has 0 spiro atoms. The van der Waals surface area contributed by atoms with Crippen LogP contribution >= 0.6 is 0 Å². The molecule has 30 heavy (non-hydrogen) atoms. The lowest BCUT2D eigenvalue weighted by Crippen LogP contribution is -2.17. The van der Waals surface area contributed by atoms with Crippen molar-refractivity contribution >= 4 is 23.2 Å². The molecule has 0 fully saturated rings. The Morgan fingerprint density at radius 1 is 0.600 bits per heavy atom. The summed E-state index contributed by atoms with van der Waals surface area (Å²) in [4.78, 5) is 24.8. The van der Waals surface area contributed by atoms with Crippen molar-refractivity contribution in [2.75, 3.05) is 10.6 Å². The standard InChI is InChI=1S/C26H44N2O2/c1-5-7-9-11-13-15-17-25(29)27-23-19-21(3)22(4)20-24(23)28-26(30)18-16-14-12-10-8-6-2/h19-20H,5-18H2,1-4H3,(H,27,29)(H,28,30). The molecule has 0 saturated carbocycles.